The number of carbonyl (C=O) groups is 1. The number of ether oxygens (including phenoxy) is 1. The molecule has 110 valence electrons. The molecule has 0 spiro atoms. The normalized spacial score (nSPS) is 22.4. The lowest BCUT2D eigenvalue weighted by Gasteiger charge is -2.29. The standard InChI is InChI=1S/C15H19F2NO2/c1-2-20-15(19)10-4-3-5-12(8-10)18-14-9-11(16)6-7-13(14)17/h6-7,9-10,12,18H,2-5,8H2,1H3. The second-order valence-corrected chi connectivity index (χ2v) is 5.08. The van der Waals surface area contributed by atoms with Crippen LogP contribution in [-0.2, 0) is 9.53 Å². The monoisotopic (exact) mass is 283 g/mol. The maximum Gasteiger partial charge on any atom is 0.308 e. The Balaban J connectivity index is 1.99. The minimum Gasteiger partial charge on any atom is -0.466 e. The summed E-state index contributed by atoms with van der Waals surface area (Å²) in [6.07, 6.45) is 3.10. The van der Waals surface area contributed by atoms with E-state index in [9.17, 15) is 13.6 Å². The highest BCUT2D eigenvalue weighted by Gasteiger charge is 2.28. The molecule has 1 saturated carbocycles. The number of anilines is 1. The Bertz CT molecular complexity index is 479. The number of esters is 1. The predicted molar refractivity (Wildman–Crippen MR) is 72.4 cm³/mol. The van der Waals surface area contributed by atoms with Crippen molar-refractivity contribution >= 4 is 11.7 Å². The van der Waals surface area contributed by atoms with Crippen LogP contribution in [0.2, 0.25) is 0 Å². The smallest absolute Gasteiger partial charge is 0.308 e. The SMILES string of the molecule is CCOC(=O)C1CCCC(Nc2cc(F)ccc2F)C1. The summed E-state index contributed by atoms with van der Waals surface area (Å²) < 4.78 is 31.7. The summed E-state index contributed by atoms with van der Waals surface area (Å²) in [6.45, 7) is 2.14. The minimum absolute atomic E-state index is 0.0329. The van der Waals surface area contributed by atoms with E-state index in [1.807, 2.05) is 0 Å². The van der Waals surface area contributed by atoms with Crippen LogP contribution in [0.3, 0.4) is 0 Å². The summed E-state index contributed by atoms with van der Waals surface area (Å²) in [4.78, 5) is 11.7. The molecule has 2 rings (SSSR count). The molecule has 2 unspecified atom stereocenters. The summed E-state index contributed by atoms with van der Waals surface area (Å²) in [5.41, 5.74) is 0.152. The molecule has 5 heteroatoms. The number of benzene rings is 1. The molecule has 0 bridgehead atoms. The largest absolute Gasteiger partial charge is 0.466 e. The van der Waals surface area contributed by atoms with E-state index in [-0.39, 0.29) is 23.6 Å². The summed E-state index contributed by atoms with van der Waals surface area (Å²) in [7, 11) is 0. The quantitative estimate of drug-likeness (QED) is 0.859. The molecule has 1 aliphatic rings. The van der Waals surface area contributed by atoms with Crippen LogP contribution in [0.4, 0.5) is 14.5 Å². The number of carbonyl (C=O) groups excluding carboxylic acids is 1. The van der Waals surface area contributed by atoms with Gasteiger partial charge in [0.2, 0.25) is 0 Å². The summed E-state index contributed by atoms with van der Waals surface area (Å²) in [5, 5.41) is 2.99. The fourth-order valence-electron chi connectivity index (χ4n) is 2.62. The zero-order chi connectivity index (χ0) is 14.5. The summed E-state index contributed by atoms with van der Waals surface area (Å²) in [5.74, 6) is -1.31. The van der Waals surface area contributed by atoms with Crippen LogP contribution < -0.4 is 5.32 Å². The Labute approximate surface area is 117 Å². The molecule has 1 aliphatic carbocycles. The molecule has 0 aliphatic heterocycles. The Morgan fingerprint density at radius 3 is 2.95 bits per heavy atom. The van der Waals surface area contributed by atoms with Gasteiger partial charge in [-0.1, -0.05) is 6.42 Å². The first-order valence-corrected chi connectivity index (χ1v) is 6.98. The molecular weight excluding hydrogens is 264 g/mol. The third kappa shape index (κ3) is 3.68. The number of nitrogens with one attached hydrogen (secondary N) is 1. The fraction of sp³-hybridized carbons (Fsp3) is 0.533. The minimum atomic E-state index is -0.482. The van der Waals surface area contributed by atoms with Gasteiger partial charge in [-0.05, 0) is 44.4 Å². The zero-order valence-corrected chi connectivity index (χ0v) is 11.5. The van der Waals surface area contributed by atoms with Crippen molar-refractivity contribution in [3.05, 3.63) is 29.8 Å². The van der Waals surface area contributed by atoms with Gasteiger partial charge in [-0.25, -0.2) is 8.78 Å². The first-order valence-electron chi connectivity index (χ1n) is 6.98. The number of hydrogen-bond donors (Lipinski definition) is 1. The summed E-state index contributed by atoms with van der Waals surface area (Å²) >= 11 is 0. The van der Waals surface area contributed by atoms with Gasteiger partial charge in [-0.15, -0.1) is 0 Å². The molecule has 1 N–H and O–H groups in total. The average molecular weight is 283 g/mol. The second-order valence-electron chi connectivity index (χ2n) is 5.08. The van der Waals surface area contributed by atoms with Gasteiger partial charge in [0.05, 0.1) is 18.2 Å². The molecule has 1 aromatic rings. The van der Waals surface area contributed by atoms with Crippen LogP contribution >= 0.6 is 0 Å². The Morgan fingerprint density at radius 2 is 2.20 bits per heavy atom. The van der Waals surface area contributed by atoms with Crippen molar-refractivity contribution in [2.75, 3.05) is 11.9 Å². The van der Waals surface area contributed by atoms with Gasteiger partial charge in [-0.3, -0.25) is 4.79 Å². The fourth-order valence-corrected chi connectivity index (χ4v) is 2.62. The van der Waals surface area contributed by atoms with E-state index >= 15 is 0 Å². The van der Waals surface area contributed by atoms with Crippen LogP contribution in [0.25, 0.3) is 0 Å². The van der Waals surface area contributed by atoms with Gasteiger partial charge in [0.1, 0.15) is 11.6 Å². The lowest BCUT2D eigenvalue weighted by Crippen LogP contribution is -2.32. The Hall–Kier alpha value is -1.65. The average Bonchev–Trinajstić information content (AvgIpc) is 2.43. The van der Waals surface area contributed by atoms with Crippen molar-refractivity contribution < 1.29 is 18.3 Å². The number of rotatable bonds is 4. The maximum atomic E-state index is 13.6. The first kappa shape index (κ1) is 14.8. The Morgan fingerprint density at radius 1 is 1.40 bits per heavy atom. The van der Waals surface area contributed by atoms with Gasteiger partial charge in [0.25, 0.3) is 0 Å². The lowest BCUT2D eigenvalue weighted by atomic mass is 9.85. The van der Waals surface area contributed by atoms with E-state index in [1.54, 1.807) is 6.92 Å². The van der Waals surface area contributed by atoms with E-state index in [0.29, 0.717) is 13.0 Å². The van der Waals surface area contributed by atoms with Crippen molar-refractivity contribution in [3.63, 3.8) is 0 Å². The third-order valence-corrected chi connectivity index (χ3v) is 3.58. The second kappa shape index (κ2) is 6.68. The number of halogens is 2. The first-order chi connectivity index (χ1) is 9.60. The van der Waals surface area contributed by atoms with Gasteiger partial charge < -0.3 is 10.1 Å². The van der Waals surface area contributed by atoms with Gasteiger partial charge in [0.15, 0.2) is 0 Å². The molecular formula is C15H19F2NO2. The molecule has 0 radical (unpaired) electrons. The summed E-state index contributed by atoms with van der Waals surface area (Å²) in [6, 6.07) is 3.30. The third-order valence-electron chi connectivity index (χ3n) is 3.58. The van der Waals surface area contributed by atoms with E-state index < -0.39 is 11.6 Å². The molecule has 20 heavy (non-hydrogen) atoms. The van der Waals surface area contributed by atoms with E-state index in [4.69, 9.17) is 4.74 Å². The lowest BCUT2D eigenvalue weighted by molar-refractivity contribution is -0.149. The van der Waals surface area contributed by atoms with Crippen LogP contribution in [0.15, 0.2) is 18.2 Å². The van der Waals surface area contributed by atoms with Crippen LogP contribution in [-0.4, -0.2) is 18.6 Å². The molecule has 1 aromatic carbocycles. The Kier molecular flexibility index (Phi) is 4.93. The van der Waals surface area contributed by atoms with Crippen molar-refractivity contribution in [2.24, 2.45) is 5.92 Å². The molecule has 0 heterocycles. The van der Waals surface area contributed by atoms with Crippen molar-refractivity contribution in [3.8, 4) is 0 Å². The van der Waals surface area contributed by atoms with Crippen molar-refractivity contribution in [1.29, 1.82) is 0 Å². The van der Waals surface area contributed by atoms with Gasteiger partial charge in [-0.2, -0.15) is 0 Å². The van der Waals surface area contributed by atoms with Crippen LogP contribution in [0.5, 0.6) is 0 Å². The van der Waals surface area contributed by atoms with Crippen LogP contribution in [0.1, 0.15) is 32.6 Å². The topological polar surface area (TPSA) is 38.3 Å². The molecule has 0 aromatic heterocycles. The predicted octanol–water partition coefficient (Wildman–Crippen LogP) is 3.50. The van der Waals surface area contributed by atoms with E-state index in [2.05, 4.69) is 5.32 Å². The molecule has 0 saturated heterocycles. The van der Waals surface area contributed by atoms with E-state index in [1.165, 1.54) is 0 Å². The van der Waals surface area contributed by atoms with Crippen LogP contribution in [0, 0.1) is 17.6 Å². The molecule has 2 atom stereocenters. The van der Waals surface area contributed by atoms with Crippen molar-refractivity contribution in [1.82, 2.24) is 0 Å². The zero-order valence-electron chi connectivity index (χ0n) is 11.5. The highest BCUT2D eigenvalue weighted by atomic mass is 19.1. The van der Waals surface area contributed by atoms with Gasteiger partial charge in [0, 0.05) is 6.04 Å². The maximum absolute atomic E-state index is 13.6. The molecule has 3 nitrogen and oxygen atoms in total. The highest BCUT2D eigenvalue weighted by Crippen LogP contribution is 2.28. The van der Waals surface area contributed by atoms with Gasteiger partial charge >= 0.3 is 5.97 Å². The molecule has 1 fully saturated rings. The molecule has 0 amide bonds. The van der Waals surface area contributed by atoms with E-state index in [0.717, 1.165) is 37.5 Å². The highest BCUT2D eigenvalue weighted by molar-refractivity contribution is 5.72. The van der Waals surface area contributed by atoms with Crippen molar-refractivity contribution in [2.45, 2.75) is 38.6 Å². The number of hydrogen-bond acceptors (Lipinski definition) is 3.